The quantitative estimate of drug-likeness (QED) is 0.428. The van der Waals surface area contributed by atoms with Crippen LogP contribution in [0.15, 0.2) is 96.1 Å². The number of aryl methyl sites for hydroxylation is 1. The van der Waals surface area contributed by atoms with Crippen molar-refractivity contribution in [1.29, 1.82) is 0 Å². The molecule has 0 amide bonds. The molecule has 0 N–H and O–H groups in total. The van der Waals surface area contributed by atoms with Crippen LogP contribution in [0.25, 0.3) is 28.0 Å². The van der Waals surface area contributed by atoms with E-state index in [0.29, 0.717) is 0 Å². The zero-order chi connectivity index (χ0) is 19.8. The molecule has 0 radical (unpaired) electrons. The van der Waals surface area contributed by atoms with E-state index in [2.05, 4.69) is 92.4 Å². The molecule has 0 heteroatoms. The fourth-order valence-electron chi connectivity index (χ4n) is 4.69. The third-order valence-corrected chi connectivity index (χ3v) is 6.34. The summed E-state index contributed by atoms with van der Waals surface area (Å²) in [4.78, 5) is 0. The largest absolute Gasteiger partial charge is 0.0912 e. The van der Waals surface area contributed by atoms with Gasteiger partial charge >= 0.3 is 0 Å². The van der Waals surface area contributed by atoms with E-state index in [1.165, 1.54) is 49.7 Å². The first-order valence-corrected chi connectivity index (χ1v) is 10.6. The number of fused-ring (bicyclic) bond motifs is 3. The minimum Gasteiger partial charge on any atom is -0.0912 e. The molecule has 3 aromatic carbocycles. The van der Waals surface area contributed by atoms with Crippen LogP contribution in [0.4, 0.5) is 0 Å². The summed E-state index contributed by atoms with van der Waals surface area (Å²) in [6.07, 6.45) is 13.4. The van der Waals surface area contributed by atoms with Crippen LogP contribution in [0, 0.1) is 0 Å². The summed E-state index contributed by atoms with van der Waals surface area (Å²) in [6.45, 7) is 6.57. The fraction of sp³-hybridized carbons (Fsp3) is 0.172. The van der Waals surface area contributed by atoms with Gasteiger partial charge in [-0.15, -0.1) is 0 Å². The summed E-state index contributed by atoms with van der Waals surface area (Å²) in [7, 11) is 0. The van der Waals surface area contributed by atoms with Crippen LogP contribution in [-0.4, -0.2) is 0 Å². The molecule has 2 aliphatic carbocycles. The smallest absolute Gasteiger partial charge is 0.00454 e. The normalized spacial score (nSPS) is 16.9. The Kier molecular flexibility index (Phi) is 4.56. The Labute approximate surface area is 173 Å². The lowest BCUT2D eigenvalue weighted by molar-refractivity contribution is 0.897. The van der Waals surface area contributed by atoms with Crippen LogP contribution in [0.5, 0.6) is 0 Å². The molecule has 0 saturated heterocycles. The van der Waals surface area contributed by atoms with Gasteiger partial charge in [0.25, 0.3) is 0 Å². The first kappa shape index (κ1) is 17.9. The number of allylic oxidation sites excluding steroid dienone is 6. The highest BCUT2D eigenvalue weighted by molar-refractivity contribution is 5.96. The average Bonchev–Trinajstić information content (AvgIpc) is 2.77. The second-order valence-electron chi connectivity index (χ2n) is 8.08. The summed E-state index contributed by atoms with van der Waals surface area (Å²) < 4.78 is 0. The van der Waals surface area contributed by atoms with Crippen LogP contribution in [0.1, 0.15) is 36.5 Å². The van der Waals surface area contributed by atoms with Gasteiger partial charge in [0.15, 0.2) is 0 Å². The third-order valence-electron chi connectivity index (χ3n) is 6.34. The third kappa shape index (κ3) is 3.19. The van der Waals surface area contributed by atoms with Gasteiger partial charge in [0.1, 0.15) is 0 Å². The molecule has 142 valence electrons. The average molecular weight is 375 g/mol. The molecule has 29 heavy (non-hydrogen) atoms. The molecule has 0 nitrogen and oxygen atoms in total. The van der Waals surface area contributed by atoms with Gasteiger partial charge in [0.05, 0.1) is 0 Å². The van der Waals surface area contributed by atoms with Crippen LogP contribution < -0.4 is 0 Å². The van der Waals surface area contributed by atoms with Crippen molar-refractivity contribution in [2.45, 2.75) is 32.6 Å². The molecule has 2 aliphatic rings. The van der Waals surface area contributed by atoms with E-state index in [1.54, 1.807) is 0 Å². The fourth-order valence-corrected chi connectivity index (χ4v) is 4.69. The Morgan fingerprint density at radius 1 is 0.931 bits per heavy atom. The Hall–Kier alpha value is -3.12. The highest BCUT2D eigenvalue weighted by Crippen LogP contribution is 2.39. The Bertz CT molecular complexity index is 1200. The number of rotatable bonds is 2. The number of hydrogen-bond donors (Lipinski definition) is 0. The van der Waals surface area contributed by atoms with E-state index >= 15 is 0 Å². The SMILES string of the molecule is C=C1/C=C\c2c(-c3ccc(CC)cc3)cc3ccccc3c2CC2=C1C=CCC2. The van der Waals surface area contributed by atoms with Crippen LogP contribution in [0.3, 0.4) is 0 Å². The predicted molar refractivity (Wildman–Crippen MR) is 126 cm³/mol. The van der Waals surface area contributed by atoms with E-state index in [-0.39, 0.29) is 0 Å². The summed E-state index contributed by atoms with van der Waals surface area (Å²) in [5, 5.41) is 2.69. The zero-order valence-electron chi connectivity index (χ0n) is 17.0. The van der Waals surface area contributed by atoms with Gasteiger partial charge < -0.3 is 0 Å². The van der Waals surface area contributed by atoms with Crippen molar-refractivity contribution in [3.05, 3.63) is 113 Å². The molecular formula is C29H26. The molecule has 0 unspecified atom stereocenters. The molecule has 5 rings (SSSR count). The molecule has 0 spiro atoms. The molecule has 0 atom stereocenters. The Morgan fingerprint density at radius 3 is 2.59 bits per heavy atom. The molecule has 0 heterocycles. The van der Waals surface area contributed by atoms with E-state index < -0.39 is 0 Å². The molecule has 0 saturated carbocycles. The summed E-state index contributed by atoms with van der Waals surface area (Å²) in [5.41, 5.74) is 10.8. The van der Waals surface area contributed by atoms with Gasteiger partial charge in [-0.25, -0.2) is 0 Å². The minimum atomic E-state index is 1.000. The first-order valence-electron chi connectivity index (χ1n) is 10.6. The maximum atomic E-state index is 4.36. The first-order chi connectivity index (χ1) is 14.2. The van der Waals surface area contributed by atoms with Crippen molar-refractivity contribution in [3.8, 4) is 11.1 Å². The molecule has 0 aliphatic heterocycles. The van der Waals surface area contributed by atoms with E-state index in [1.807, 2.05) is 0 Å². The highest BCUT2D eigenvalue weighted by Gasteiger charge is 2.19. The van der Waals surface area contributed by atoms with Crippen molar-refractivity contribution in [2.24, 2.45) is 0 Å². The van der Waals surface area contributed by atoms with Crippen LogP contribution in [0.2, 0.25) is 0 Å². The Morgan fingerprint density at radius 2 is 1.76 bits per heavy atom. The predicted octanol–water partition coefficient (Wildman–Crippen LogP) is 7.84. The molecular weight excluding hydrogens is 348 g/mol. The van der Waals surface area contributed by atoms with E-state index in [9.17, 15) is 0 Å². The second-order valence-corrected chi connectivity index (χ2v) is 8.08. The molecule has 0 aromatic heterocycles. The van der Waals surface area contributed by atoms with Crippen molar-refractivity contribution >= 4 is 16.8 Å². The standard InChI is InChI=1S/C29H26/c1-3-21-13-15-22(16-14-21)28-18-24-9-5-7-11-26(24)29-19-23-8-4-6-10-25(23)20(2)12-17-27(28)29/h5-7,9-18H,2-4,8,19H2,1H3/b17-12-. The van der Waals surface area contributed by atoms with Gasteiger partial charge in [-0.05, 0) is 81.5 Å². The number of benzene rings is 3. The lowest BCUT2D eigenvalue weighted by atomic mass is 9.81. The number of hydrogen-bond acceptors (Lipinski definition) is 0. The molecule has 3 aromatic rings. The summed E-state index contributed by atoms with van der Waals surface area (Å²) in [5.74, 6) is 0. The lowest BCUT2D eigenvalue weighted by Gasteiger charge is -2.23. The molecule has 0 bridgehead atoms. The van der Waals surface area contributed by atoms with Gasteiger partial charge in [0, 0.05) is 0 Å². The maximum absolute atomic E-state index is 4.36. The van der Waals surface area contributed by atoms with Gasteiger partial charge in [-0.2, -0.15) is 0 Å². The van der Waals surface area contributed by atoms with Crippen molar-refractivity contribution in [2.75, 3.05) is 0 Å². The van der Waals surface area contributed by atoms with Crippen LogP contribution >= 0.6 is 0 Å². The zero-order valence-corrected chi connectivity index (χ0v) is 17.0. The Balaban J connectivity index is 1.79. The highest BCUT2D eigenvalue weighted by atomic mass is 14.2. The van der Waals surface area contributed by atoms with Gasteiger partial charge in [-0.1, -0.05) is 91.9 Å². The van der Waals surface area contributed by atoms with Crippen molar-refractivity contribution in [3.63, 3.8) is 0 Å². The van der Waals surface area contributed by atoms with E-state index in [0.717, 1.165) is 31.3 Å². The topological polar surface area (TPSA) is 0 Å². The summed E-state index contributed by atoms with van der Waals surface area (Å²) >= 11 is 0. The monoisotopic (exact) mass is 374 g/mol. The second kappa shape index (κ2) is 7.37. The van der Waals surface area contributed by atoms with E-state index in [4.69, 9.17) is 0 Å². The maximum Gasteiger partial charge on any atom is -0.00454 e. The van der Waals surface area contributed by atoms with Crippen molar-refractivity contribution < 1.29 is 0 Å². The van der Waals surface area contributed by atoms with Crippen molar-refractivity contribution in [1.82, 2.24) is 0 Å². The lowest BCUT2D eigenvalue weighted by Crippen LogP contribution is -2.05. The molecule has 0 fully saturated rings. The van der Waals surface area contributed by atoms with Crippen LogP contribution in [-0.2, 0) is 12.8 Å². The van der Waals surface area contributed by atoms with Gasteiger partial charge in [0.2, 0.25) is 0 Å². The minimum absolute atomic E-state index is 1.000. The summed E-state index contributed by atoms with van der Waals surface area (Å²) in [6, 6.07) is 20.3. The van der Waals surface area contributed by atoms with Gasteiger partial charge in [-0.3, -0.25) is 0 Å².